The first-order chi connectivity index (χ1) is 9.69. The molecular formula is C16H18BrClN2. The topological polar surface area (TPSA) is 24.9 Å². The summed E-state index contributed by atoms with van der Waals surface area (Å²) in [5.41, 5.74) is 2.31. The van der Waals surface area contributed by atoms with Gasteiger partial charge in [-0.15, -0.1) is 0 Å². The van der Waals surface area contributed by atoms with Gasteiger partial charge in [0.1, 0.15) is 0 Å². The fourth-order valence-electron chi connectivity index (χ4n) is 2.09. The van der Waals surface area contributed by atoms with Crippen molar-refractivity contribution in [2.45, 2.75) is 25.8 Å². The molecule has 0 fully saturated rings. The number of nitrogens with one attached hydrogen (secondary N) is 1. The van der Waals surface area contributed by atoms with E-state index in [9.17, 15) is 0 Å². The van der Waals surface area contributed by atoms with Crippen molar-refractivity contribution >= 4 is 27.5 Å². The number of pyridine rings is 1. The Balaban J connectivity index is 2.16. The fraction of sp³-hybridized carbons (Fsp3) is 0.312. The number of hydrogen-bond acceptors (Lipinski definition) is 2. The van der Waals surface area contributed by atoms with E-state index >= 15 is 0 Å². The summed E-state index contributed by atoms with van der Waals surface area (Å²) in [7, 11) is 0. The first kappa shape index (κ1) is 15.5. The number of hydrogen-bond donors (Lipinski definition) is 1. The Bertz CT molecular complexity index is 542. The quantitative estimate of drug-likeness (QED) is 0.808. The van der Waals surface area contributed by atoms with Crippen LogP contribution >= 0.6 is 27.5 Å². The van der Waals surface area contributed by atoms with E-state index in [-0.39, 0.29) is 6.04 Å². The highest BCUT2D eigenvalue weighted by Gasteiger charge is 2.13. The highest BCUT2D eigenvalue weighted by Crippen LogP contribution is 2.20. The molecule has 1 N–H and O–H groups in total. The molecule has 0 saturated carbocycles. The minimum Gasteiger partial charge on any atom is -0.308 e. The Morgan fingerprint density at radius 3 is 2.80 bits per heavy atom. The van der Waals surface area contributed by atoms with Crippen molar-refractivity contribution in [3.05, 3.63) is 63.3 Å². The Kier molecular flexibility index (Phi) is 6.02. The van der Waals surface area contributed by atoms with Crippen LogP contribution in [0.25, 0.3) is 0 Å². The lowest BCUT2D eigenvalue weighted by Gasteiger charge is -2.18. The van der Waals surface area contributed by atoms with E-state index in [2.05, 4.69) is 51.4 Å². The van der Waals surface area contributed by atoms with E-state index in [4.69, 9.17) is 11.6 Å². The summed E-state index contributed by atoms with van der Waals surface area (Å²) < 4.78 is 1.10. The van der Waals surface area contributed by atoms with Crippen molar-refractivity contribution in [3.63, 3.8) is 0 Å². The molecule has 0 radical (unpaired) electrons. The second kappa shape index (κ2) is 7.77. The second-order valence-corrected chi connectivity index (χ2v) is 6.09. The van der Waals surface area contributed by atoms with Gasteiger partial charge in [-0.05, 0) is 49.2 Å². The molecule has 0 aliphatic rings. The number of aromatic nitrogens is 1. The molecule has 20 heavy (non-hydrogen) atoms. The molecule has 1 aromatic heterocycles. The maximum atomic E-state index is 5.91. The molecule has 1 unspecified atom stereocenters. The van der Waals surface area contributed by atoms with Gasteiger partial charge in [-0.25, -0.2) is 0 Å². The van der Waals surface area contributed by atoms with Crippen molar-refractivity contribution in [1.82, 2.24) is 10.3 Å². The van der Waals surface area contributed by atoms with Crippen LogP contribution in [-0.4, -0.2) is 11.5 Å². The molecule has 1 atom stereocenters. The third kappa shape index (κ3) is 4.58. The molecule has 0 spiro atoms. The number of nitrogens with zero attached hydrogens (tertiary/aromatic N) is 1. The van der Waals surface area contributed by atoms with Crippen LogP contribution < -0.4 is 5.32 Å². The van der Waals surface area contributed by atoms with E-state index < -0.39 is 0 Å². The van der Waals surface area contributed by atoms with Gasteiger partial charge in [-0.1, -0.05) is 46.6 Å². The van der Waals surface area contributed by atoms with Crippen LogP contribution in [0.15, 0.2) is 47.1 Å². The summed E-state index contributed by atoms with van der Waals surface area (Å²) in [5, 5.41) is 4.22. The number of halogens is 2. The lowest BCUT2D eigenvalue weighted by molar-refractivity contribution is 0.518. The maximum Gasteiger partial charge on any atom is 0.0589 e. The van der Waals surface area contributed by atoms with Crippen molar-refractivity contribution < 1.29 is 0 Å². The summed E-state index contributed by atoms with van der Waals surface area (Å²) in [6.07, 6.45) is 3.72. The van der Waals surface area contributed by atoms with E-state index in [1.807, 2.05) is 18.2 Å². The minimum absolute atomic E-state index is 0.210. The van der Waals surface area contributed by atoms with Gasteiger partial charge in [-0.2, -0.15) is 0 Å². The van der Waals surface area contributed by atoms with Crippen LogP contribution in [0.3, 0.4) is 0 Å². The van der Waals surface area contributed by atoms with Crippen molar-refractivity contribution in [2.75, 3.05) is 6.54 Å². The lowest BCUT2D eigenvalue weighted by atomic mass is 10.0. The average molecular weight is 354 g/mol. The largest absolute Gasteiger partial charge is 0.308 e. The molecular weight excluding hydrogens is 336 g/mol. The first-order valence-electron chi connectivity index (χ1n) is 6.78. The van der Waals surface area contributed by atoms with E-state index in [0.29, 0.717) is 5.02 Å². The van der Waals surface area contributed by atoms with Crippen molar-refractivity contribution in [3.8, 4) is 0 Å². The van der Waals surface area contributed by atoms with Gasteiger partial charge < -0.3 is 5.32 Å². The Morgan fingerprint density at radius 2 is 2.15 bits per heavy atom. The molecule has 106 valence electrons. The normalized spacial score (nSPS) is 12.3. The molecule has 2 aromatic rings. The second-order valence-electron chi connectivity index (χ2n) is 4.74. The van der Waals surface area contributed by atoms with Crippen LogP contribution in [-0.2, 0) is 6.42 Å². The minimum atomic E-state index is 0.210. The van der Waals surface area contributed by atoms with Crippen LogP contribution in [0.5, 0.6) is 0 Å². The molecule has 1 heterocycles. The molecule has 0 bridgehead atoms. The summed E-state index contributed by atoms with van der Waals surface area (Å²) in [6, 6.07) is 12.5. The highest BCUT2D eigenvalue weighted by molar-refractivity contribution is 9.10. The van der Waals surface area contributed by atoms with Crippen LogP contribution in [0.4, 0.5) is 0 Å². The van der Waals surface area contributed by atoms with E-state index in [1.165, 1.54) is 5.56 Å². The Morgan fingerprint density at radius 1 is 1.30 bits per heavy atom. The molecule has 0 amide bonds. The molecule has 0 aliphatic carbocycles. The standard InChI is InChI=1S/C16H18BrClN2/c1-2-8-19-16(15-7-6-14(18)11-20-15)10-12-4-3-5-13(17)9-12/h3-7,9,11,16,19H,2,8,10H2,1H3. The van der Waals surface area contributed by atoms with Crippen LogP contribution in [0.2, 0.25) is 5.02 Å². The third-order valence-corrected chi connectivity index (χ3v) is 3.79. The average Bonchev–Trinajstić information content (AvgIpc) is 2.44. The molecule has 0 aliphatic heterocycles. The zero-order valence-electron chi connectivity index (χ0n) is 11.4. The van der Waals surface area contributed by atoms with Gasteiger partial charge in [0.15, 0.2) is 0 Å². The Hall–Kier alpha value is -0.900. The van der Waals surface area contributed by atoms with Gasteiger partial charge in [0.2, 0.25) is 0 Å². The maximum absolute atomic E-state index is 5.91. The molecule has 2 rings (SSSR count). The fourth-order valence-corrected chi connectivity index (χ4v) is 2.65. The zero-order valence-corrected chi connectivity index (χ0v) is 13.8. The van der Waals surface area contributed by atoms with E-state index in [1.54, 1.807) is 6.20 Å². The third-order valence-electron chi connectivity index (χ3n) is 3.08. The molecule has 2 nitrogen and oxygen atoms in total. The molecule has 0 saturated heterocycles. The predicted octanol–water partition coefficient (Wildman–Crippen LogP) is 4.78. The summed E-state index contributed by atoms with van der Waals surface area (Å²) in [4.78, 5) is 4.44. The molecule has 4 heteroatoms. The summed E-state index contributed by atoms with van der Waals surface area (Å²) in [6.45, 7) is 3.14. The lowest BCUT2D eigenvalue weighted by Crippen LogP contribution is -2.24. The highest BCUT2D eigenvalue weighted by atomic mass is 79.9. The predicted molar refractivity (Wildman–Crippen MR) is 88.1 cm³/mol. The van der Waals surface area contributed by atoms with Gasteiger partial charge in [-0.3, -0.25) is 4.98 Å². The number of benzene rings is 1. The van der Waals surface area contributed by atoms with Crippen molar-refractivity contribution in [1.29, 1.82) is 0 Å². The zero-order chi connectivity index (χ0) is 14.4. The van der Waals surface area contributed by atoms with Crippen molar-refractivity contribution in [2.24, 2.45) is 0 Å². The van der Waals surface area contributed by atoms with Gasteiger partial charge in [0, 0.05) is 10.7 Å². The number of rotatable bonds is 6. The first-order valence-corrected chi connectivity index (χ1v) is 7.95. The monoisotopic (exact) mass is 352 g/mol. The molecule has 1 aromatic carbocycles. The van der Waals surface area contributed by atoms with Gasteiger partial charge in [0.25, 0.3) is 0 Å². The van der Waals surface area contributed by atoms with Gasteiger partial charge in [0.05, 0.1) is 16.8 Å². The van der Waals surface area contributed by atoms with Crippen LogP contribution in [0.1, 0.15) is 30.6 Å². The van der Waals surface area contributed by atoms with Crippen LogP contribution in [0, 0.1) is 0 Å². The Labute approximate surface area is 133 Å². The SMILES string of the molecule is CCCNC(Cc1cccc(Br)c1)c1ccc(Cl)cn1. The smallest absolute Gasteiger partial charge is 0.0589 e. The summed E-state index contributed by atoms with van der Waals surface area (Å²) in [5.74, 6) is 0. The van der Waals surface area contributed by atoms with E-state index in [0.717, 1.165) is 29.6 Å². The summed E-state index contributed by atoms with van der Waals surface area (Å²) >= 11 is 9.43. The van der Waals surface area contributed by atoms with Gasteiger partial charge >= 0.3 is 0 Å².